The van der Waals surface area contributed by atoms with Crippen LogP contribution in [0.4, 0.5) is 0 Å². The summed E-state index contributed by atoms with van der Waals surface area (Å²) in [5.41, 5.74) is 3.77. The summed E-state index contributed by atoms with van der Waals surface area (Å²) in [6.45, 7) is 7.02. The molecule has 130 valence electrons. The summed E-state index contributed by atoms with van der Waals surface area (Å²) in [6, 6.07) is 18.8. The highest BCUT2D eigenvalue weighted by molar-refractivity contribution is 6.41. The van der Waals surface area contributed by atoms with Crippen molar-refractivity contribution in [2.24, 2.45) is 5.10 Å². The Morgan fingerprint density at radius 2 is 1.68 bits per heavy atom. The number of hydrazone groups is 1. The van der Waals surface area contributed by atoms with Crippen LogP contribution in [0, 0.1) is 6.92 Å². The molecule has 1 aliphatic heterocycles. The first-order chi connectivity index (χ1) is 12.2. The van der Waals surface area contributed by atoms with E-state index in [1.807, 2.05) is 36.4 Å². The van der Waals surface area contributed by atoms with E-state index in [9.17, 15) is 0 Å². The van der Waals surface area contributed by atoms with Gasteiger partial charge in [0.05, 0.1) is 11.2 Å². The third-order valence-electron chi connectivity index (χ3n) is 4.32. The highest BCUT2D eigenvalue weighted by Gasteiger charge is 2.15. The van der Waals surface area contributed by atoms with E-state index in [1.54, 1.807) is 6.21 Å². The van der Waals surface area contributed by atoms with Crippen LogP contribution in [0.3, 0.4) is 0 Å². The van der Waals surface area contributed by atoms with E-state index >= 15 is 0 Å². The Morgan fingerprint density at radius 1 is 1.00 bits per heavy atom. The van der Waals surface area contributed by atoms with E-state index in [2.05, 4.69) is 46.2 Å². The molecule has 1 fully saturated rings. The van der Waals surface area contributed by atoms with E-state index in [1.165, 1.54) is 11.1 Å². The molecule has 0 amide bonds. The number of allylic oxidation sites excluding steroid dienone is 1. The standard InChI is InChI=1S/C21H24ClN3/c1-18-7-9-20(10-8-18)17-24-11-13-25(14-12-24)23-16-21(22)15-19-5-3-2-4-6-19/h2-10,15-16H,11-14,17H2,1H3/b21-15+,23-16+. The van der Waals surface area contributed by atoms with Crippen molar-refractivity contribution in [3.8, 4) is 0 Å². The number of nitrogens with zero attached hydrogens (tertiary/aromatic N) is 3. The Labute approximate surface area is 155 Å². The van der Waals surface area contributed by atoms with E-state index in [0.717, 1.165) is 38.3 Å². The second-order valence-electron chi connectivity index (χ2n) is 6.40. The molecule has 2 aromatic rings. The average Bonchev–Trinajstić information content (AvgIpc) is 2.64. The summed E-state index contributed by atoms with van der Waals surface area (Å²) in [7, 11) is 0. The van der Waals surface area contributed by atoms with Crippen molar-refractivity contribution < 1.29 is 0 Å². The molecule has 1 saturated heterocycles. The Bertz CT molecular complexity index is 715. The molecule has 4 heteroatoms. The van der Waals surface area contributed by atoms with E-state index in [4.69, 9.17) is 11.6 Å². The molecule has 2 aromatic carbocycles. The predicted molar refractivity (Wildman–Crippen MR) is 107 cm³/mol. The zero-order valence-electron chi connectivity index (χ0n) is 14.6. The molecule has 3 rings (SSSR count). The maximum Gasteiger partial charge on any atom is 0.0657 e. The minimum Gasteiger partial charge on any atom is -0.295 e. The minimum atomic E-state index is 0.647. The van der Waals surface area contributed by atoms with Gasteiger partial charge < -0.3 is 0 Å². The fourth-order valence-corrected chi connectivity index (χ4v) is 3.01. The Morgan fingerprint density at radius 3 is 2.36 bits per heavy atom. The Hall–Kier alpha value is -2.10. The van der Waals surface area contributed by atoms with Gasteiger partial charge >= 0.3 is 0 Å². The monoisotopic (exact) mass is 353 g/mol. The van der Waals surface area contributed by atoms with Gasteiger partial charge in [0.25, 0.3) is 0 Å². The number of hydrogen-bond acceptors (Lipinski definition) is 3. The van der Waals surface area contributed by atoms with Crippen molar-refractivity contribution in [2.75, 3.05) is 26.2 Å². The van der Waals surface area contributed by atoms with Crippen molar-refractivity contribution in [3.63, 3.8) is 0 Å². The number of halogens is 1. The Kier molecular flexibility index (Phi) is 6.26. The van der Waals surface area contributed by atoms with Gasteiger partial charge in [-0.05, 0) is 24.1 Å². The van der Waals surface area contributed by atoms with Crippen LogP contribution in [0.1, 0.15) is 16.7 Å². The van der Waals surface area contributed by atoms with E-state index < -0.39 is 0 Å². The predicted octanol–water partition coefficient (Wildman–Crippen LogP) is 4.38. The highest BCUT2D eigenvalue weighted by Crippen LogP contribution is 2.11. The van der Waals surface area contributed by atoms with Crippen LogP contribution in [-0.2, 0) is 6.54 Å². The lowest BCUT2D eigenvalue weighted by Crippen LogP contribution is -2.43. The van der Waals surface area contributed by atoms with Gasteiger partial charge in [0, 0.05) is 32.7 Å². The van der Waals surface area contributed by atoms with Crippen molar-refractivity contribution in [2.45, 2.75) is 13.5 Å². The van der Waals surface area contributed by atoms with Gasteiger partial charge in [-0.1, -0.05) is 71.8 Å². The fourth-order valence-electron chi connectivity index (χ4n) is 2.85. The van der Waals surface area contributed by atoms with Crippen LogP contribution >= 0.6 is 11.6 Å². The molecule has 0 unspecified atom stereocenters. The molecule has 0 spiro atoms. The summed E-state index contributed by atoms with van der Waals surface area (Å²) in [4.78, 5) is 2.47. The number of piperazine rings is 1. The van der Waals surface area contributed by atoms with Crippen molar-refractivity contribution in [1.29, 1.82) is 0 Å². The topological polar surface area (TPSA) is 18.8 Å². The molecule has 1 heterocycles. The molecule has 0 saturated carbocycles. The maximum absolute atomic E-state index is 6.26. The first kappa shape index (κ1) is 17.7. The maximum atomic E-state index is 6.26. The molecular formula is C21H24ClN3. The summed E-state index contributed by atoms with van der Waals surface area (Å²) in [5.74, 6) is 0. The largest absolute Gasteiger partial charge is 0.295 e. The van der Waals surface area contributed by atoms with Gasteiger partial charge in [0.2, 0.25) is 0 Å². The second kappa shape index (κ2) is 8.84. The molecule has 0 N–H and O–H groups in total. The van der Waals surface area contributed by atoms with E-state index in [-0.39, 0.29) is 0 Å². The van der Waals surface area contributed by atoms with Crippen LogP contribution < -0.4 is 0 Å². The summed E-state index contributed by atoms with van der Waals surface area (Å²) in [6.07, 6.45) is 3.67. The summed E-state index contributed by atoms with van der Waals surface area (Å²) >= 11 is 6.26. The third-order valence-corrected chi connectivity index (χ3v) is 4.53. The number of aryl methyl sites for hydroxylation is 1. The highest BCUT2D eigenvalue weighted by atomic mass is 35.5. The number of hydrogen-bond donors (Lipinski definition) is 0. The molecule has 0 aliphatic carbocycles. The Balaban J connectivity index is 1.47. The molecule has 0 aromatic heterocycles. The van der Waals surface area contributed by atoms with Crippen LogP contribution in [0.15, 0.2) is 64.7 Å². The van der Waals surface area contributed by atoms with Crippen molar-refractivity contribution >= 4 is 23.9 Å². The zero-order chi connectivity index (χ0) is 17.5. The van der Waals surface area contributed by atoms with Gasteiger partial charge in [-0.25, -0.2) is 0 Å². The quantitative estimate of drug-likeness (QED) is 0.743. The molecule has 25 heavy (non-hydrogen) atoms. The molecule has 0 bridgehead atoms. The summed E-state index contributed by atoms with van der Waals surface area (Å²) in [5, 5.41) is 7.25. The van der Waals surface area contributed by atoms with Gasteiger partial charge in [0.1, 0.15) is 0 Å². The van der Waals surface area contributed by atoms with Gasteiger partial charge in [-0.2, -0.15) is 5.10 Å². The molecule has 0 radical (unpaired) electrons. The minimum absolute atomic E-state index is 0.647. The molecule has 0 atom stereocenters. The van der Waals surface area contributed by atoms with E-state index in [0.29, 0.717) is 5.03 Å². The number of benzene rings is 2. The smallest absolute Gasteiger partial charge is 0.0657 e. The fraction of sp³-hybridized carbons (Fsp3) is 0.286. The zero-order valence-corrected chi connectivity index (χ0v) is 15.4. The van der Waals surface area contributed by atoms with Gasteiger partial charge in [0.15, 0.2) is 0 Å². The van der Waals surface area contributed by atoms with Crippen LogP contribution in [0.25, 0.3) is 6.08 Å². The first-order valence-corrected chi connectivity index (χ1v) is 9.06. The lowest BCUT2D eigenvalue weighted by Gasteiger charge is -2.33. The van der Waals surface area contributed by atoms with Crippen molar-refractivity contribution in [1.82, 2.24) is 9.91 Å². The second-order valence-corrected chi connectivity index (χ2v) is 6.84. The average molecular weight is 354 g/mol. The normalized spacial score (nSPS) is 16.6. The van der Waals surface area contributed by atoms with Crippen molar-refractivity contribution in [3.05, 3.63) is 76.3 Å². The molecular weight excluding hydrogens is 330 g/mol. The molecule has 1 aliphatic rings. The lowest BCUT2D eigenvalue weighted by molar-refractivity contribution is 0.131. The van der Waals surface area contributed by atoms with Crippen LogP contribution in [0.5, 0.6) is 0 Å². The molecule has 3 nitrogen and oxygen atoms in total. The number of rotatable bonds is 5. The lowest BCUT2D eigenvalue weighted by atomic mass is 10.1. The first-order valence-electron chi connectivity index (χ1n) is 8.68. The van der Waals surface area contributed by atoms with Crippen LogP contribution in [0.2, 0.25) is 0 Å². The van der Waals surface area contributed by atoms with Gasteiger partial charge in [-0.3, -0.25) is 9.91 Å². The van der Waals surface area contributed by atoms with Crippen LogP contribution in [-0.4, -0.2) is 42.3 Å². The van der Waals surface area contributed by atoms with Gasteiger partial charge in [-0.15, -0.1) is 0 Å². The summed E-state index contributed by atoms with van der Waals surface area (Å²) < 4.78 is 0. The third kappa shape index (κ3) is 5.73. The SMILES string of the molecule is Cc1ccc(CN2CCN(/N=C/C(Cl)=C\c3ccccc3)CC2)cc1.